The molecule has 0 fully saturated rings. The van der Waals surface area contributed by atoms with Gasteiger partial charge in [0.05, 0.1) is 11.9 Å². The lowest BCUT2D eigenvalue weighted by atomic mass is 10.2. The Labute approximate surface area is 145 Å². The number of unbranched alkanes of at least 4 members (excludes halogenated alkanes) is 2. The van der Waals surface area contributed by atoms with E-state index in [0.717, 1.165) is 30.8 Å². The molecule has 0 bridgehead atoms. The van der Waals surface area contributed by atoms with Crippen molar-refractivity contribution < 1.29 is 4.57 Å². The van der Waals surface area contributed by atoms with E-state index in [2.05, 4.69) is 53.3 Å². The van der Waals surface area contributed by atoms with Crippen molar-refractivity contribution in [2.24, 2.45) is 10.8 Å². The van der Waals surface area contributed by atoms with E-state index in [4.69, 9.17) is 5.73 Å². The molecule has 0 saturated heterocycles. The molecule has 128 valence electrons. The highest BCUT2D eigenvalue weighted by Gasteiger charge is 2.04. The Morgan fingerprint density at radius 3 is 2.46 bits per heavy atom. The van der Waals surface area contributed by atoms with Gasteiger partial charge in [0.15, 0.2) is 12.4 Å². The van der Waals surface area contributed by atoms with Crippen LogP contribution in [0, 0.1) is 0 Å². The molecule has 4 nitrogen and oxygen atoms in total. The zero-order chi connectivity index (χ0) is 17.0. The van der Waals surface area contributed by atoms with Crippen LogP contribution in [0.4, 0.5) is 5.69 Å². The van der Waals surface area contributed by atoms with Gasteiger partial charge in [0.25, 0.3) is 0 Å². The Balaban J connectivity index is 2.00. The number of aromatic nitrogens is 1. The summed E-state index contributed by atoms with van der Waals surface area (Å²) in [5.74, 6) is 0. The van der Waals surface area contributed by atoms with Crippen molar-refractivity contribution in [1.29, 1.82) is 0 Å². The zero-order valence-electron chi connectivity index (χ0n) is 14.6. The number of para-hydroxylation sites is 1. The molecule has 1 aromatic heterocycles. The van der Waals surface area contributed by atoms with Gasteiger partial charge in [-0.3, -0.25) is 5.01 Å². The van der Waals surface area contributed by atoms with E-state index in [1.54, 1.807) is 0 Å². The monoisotopic (exact) mass is 325 g/mol. The van der Waals surface area contributed by atoms with Gasteiger partial charge in [-0.25, -0.2) is 4.57 Å². The minimum atomic E-state index is 0.669. The van der Waals surface area contributed by atoms with E-state index < -0.39 is 0 Å². The number of anilines is 1. The van der Waals surface area contributed by atoms with Gasteiger partial charge in [0.1, 0.15) is 6.54 Å². The molecule has 4 heteroatoms. The summed E-state index contributed by atoms with van der Waals surface area (Å²) in [6.45, 7) is 4.80. The number of pyridine rings is 1. The molecule has 0 aliphatic heterocycles. The molecule has 1 heterocycles. The predicted octanol–water partition coefficient (Wildman–Crippen LogP) is 3.35. The van der Waals surface area contributed by atoms with Crippen LogP contribution in [-0.2, 0) is 6.54 Å². The maximum Gasteiger partial charge on any atom is 0.169 e. The number of hydrogen-bond donors (Lipinski definition) is 1. The van der Waals surface area contributed by atoms with Crippen LogP contribution in [0.2, 0.25) is 0 Å². The molecule has 0 radical (unpaired) electrons. The smallest absolute Gasteiger partial charge is 0.169 e. The van der Waals surface area contributed by atoms with Gasteiger partial charge in [0, 0.05) is 30.7 Å². The van der Waals surface area contributed by atoms with Gasteiger partial charge in [0.2, 0.25) is 0 Å². The number of aryl methyl sites for hydroxylation is 1. The van der Waals surface area contributed by atoms with Crippen LogP contribution in [-0.4, -0.2) is 19.3 Å². The van der Waals surface area contributed by atoms with Gasteiger partial charge < -0.3 is 5.73 Å². The maximum absolute atomic E-state index is 5.65. The van der Waals surface area contributed by atoms with Gasteiger partial charge in [-0.2, -0.15) is 5.10 Å². The average molecular weight is 325 g/mol. The van der Waals surface area contributed by atoms with Crippen molar-refractivity contribution in [2.45, 2.75) is 39.2 Å². The number of nitrogens with two attached hydrogens (primary N) is 1. The van der Waals surface area contributed by atoms with Crippen molar-refractivity contribution in [2.75, 3.05) is 18.1 Å². The Hall–Kier alpha value is -2.20. The van der Waals surface area contributed by atoms with Crippen LogP contribution in [0.5, 0.6) is 0 Å². The molecule has 0 amide bonds. The lowest BCUT2D eigenvalue weighted by Gasteiger charge is -2.18. The summed E-state index contributed by atoms with van der Waals surface area (Å²) in [5, 5.41) is 6.66. The van der Waals surface area contributed by atoms with Gasteiger partial charge >= 0.3 is 0 Å². The van der Waals surface area contributed by atoms with E-state index in [-0.39, 0.29) is 0 Å². The maximum atomic E-state index is 5.65. The zero-order valence-corrected chi connectivity index (χ0v) is 14.6. The predicted molar refractivity (Wildman–Crippen MR) is 101 cm³/mol. The van der Waals surface area contributed by atoms with E-state index >= 15 is 0 Å². The summed E-state index contributed by atoms with van der Waals surface area (Å²) < 4.78 is 2.23. The molecule has 2 rings (SSSR count). The molecule has 24 heavy (non-hydrogen) atoms. The molecule has 2 aromatic rings. The molecule has 0 aliphatic carbocycles. The second-order valence-electron chi connectivity index (χ2n) is 5.92. The van der Waals surface area contributed by atoms with E-state index in [0.29, 0.717) is 6.54 Å². The first-order valence-corrected chi connectivity index (χ1v) is 8.89. The van der Waals surface area contributed by atoms with Crippen LogP contribution >= 0.6 is 0 Å². The largest absolute Gasteiger partial charge is 0.330 e. The lowest BCUT2D eigenvalue weighted by Crippen LogP contribution is -2.32. The molecule has 2 N–H and O–H groups in total. The third-order valence-corrected chi connectivity index (χ3v) is 3.91. The minimum absolute atomic E-state index is 0.669. The fraction of sp³-hybridized carbons (Fsp3) is 0.400. The average Bonchev–Trinajstić information content (AvgIpc) is 2.64. The number of hydrazone groups is 1. The summed E-state index contributed by atoms with van der Waals surface area (Å²) >= 11 is 0. The Bertz CT molecular complexity index is 593. The SMILES string of the molecule is CCCCC[n+]1ccc(/C=N/N(CCCN)c2ccccc2)cc1. The molecular weight excluding hydrogens is 296 g/mol. The molecule has 0 atom stereocenters. The Morgan fingerprint density at radius 1 is 1.04 bits per heavy atom. The second-order valence-corrected chi connectivity index (χ2v) is 5.92. The first-order chi connectivity index (χ1) is 11.8. The van der Waals surface area contributed by atoms with Crippen LogP contribution in [0.3, 0.4) is 0 Å². The third-order valence-electron chi connectivity index (χ3n) is 3.91. The molecule has 1 aromatic carbocycles. The lowest BCUT2D eigenvalue weighted by molar-refractivity contribution is -0.697. The van der Waals surface area contributed by atoms with Crippen molar-refractivity contribution in [3.8, 4) is 0 Å². The fourth-order valence-corrected chi connectivity index (χ4v) is 2.48. The fourth-order valence-electron chi connectivity index (χ4n) is 2.48. The Kier molecular flexibility index (Phi) is 7.98. The van der Waals surface area contributed by atoms with Crippen LogP contribution in [0.15, 0.2) is 60.0 Å². The van der Waals surface area contributed by atoms with Crippen molar-refractivity contribution >= 4 is 11.9 Å². The van der Waals surface area contributed by atoms with E-state index in [1.165, 1.54) is 19.3 Å². The van der Waals surface area contributed by atoms with Crippen LogP contribution in [0.25, 0.3) is 0 Å². The standard InChI is InChI=1S/C20H29N4/c1-2-3-7-14-23-16-11-19(12-17-23)18-22-24(15-8-13-21)20-9-5-4-6-10-20/h4-6,9-12,16-18H,2-3,7-8,13-15,21H2,1H3/q+1. The van der Waals surface area contributed by atoms with Crippen LogP contribution in [0.1, 0.15) is 38.2 Å². The van der Waals surface area contributed by atoms with E-state index in [9.17, 15) is 0 Å². The summed E-state index contributed by atoms with van der Waals surface area (Å²) in [4.78, 5) is 0. The van der Waals surface area contributed by atoms with Crippen molar-refractivity contribution in [3.63, 3.8) is 0 Å². The Morgan fingerprint density at radius 2 is 1.79 bits per heavy atom. The number of hydrogen-bond acceptors (Lipinski definition) is 3. The number of nitrogens with zero attached hydrogens (tertiary/aromatic N) is 3. The summed E-state index contributed by atoms with van der Waals surface area (Å²) in [7, 11) is 0. The summed E-state index contributed by atoms with van der Waals surface area (Å²) in [6.07, 6.45) is 10.9. The topological polar surface area (TPSA) is 45.5 Å². The third kappa shape index (κ3) is 6.13. The summed E-state index contributed by atoms with van der Waals surface area (Å²) in [6, 6.07) is 14.4. The van der Waals surface area contributed by atoms with Gasteiger partial charge in [-0.05, 0) is 31.5 Å². The van der Waals surface area contributed by atoms with E-state index in [1.807, 2.05) is 29.4 Å². The molecular formula is C20H29N4+. The highest BCUT2D eigenvalue weighted by Crippen LogP contribution is 2.13. The quantitative estimate of drug-likeness (QED) is 0.315. The van der Waals surface area contributed by atoms with Gasteiger partial charge in [-0.1, -0.05) is 31.5 Å². The molecule has 0 saturated carbocycles. The number of rotatable bonds is 10. The summed E-state index contributed by atoms with van der Waals surface area (Å²) in [5.41, 5.74) is 7.84. The van der Waals surface area contributed by atoms with Gasteiger partial charge in [-0.15, -0.1) is 0 Å². The van der Waals surface area contributed by atoms with Crippen LogP contribution < -0.4 is 15.3 Å². The first kappa shape index (κ1) is 18.1. The highest BCUT2D eigenvalue weighted by atomic mass is 15.4. The van der Waals surface area contributed by atoms with Crippen molar-refractivity contribution in [1.82, 2.24) is 0 Å². The number of benzene rings is 1. The first-order valence-electron chi connectivity index (χ1n) is 8.89. The molecule has 0 aliphatic rings. The normalized spacial score (nSPS) is 11.1. The molecule has 0 spiro atoms. The minimum Gasteiger partial charge on any atom is -0.330 e. The second kappa shape index (κ2) is 10.6. The highest BCUT2D eigenvalue weighted by molar-refractivity contribution is 5.79. The van der Waals surface area contributed by atoms with Crippen molar-refractivity contribution in [3.05, 3.63) is 60.4 Å². The molecule has 0 unspecified atom stereocenters.